The maximum absolute atomic E-state index is 13.3. The third-order valence-corrected chi connectivity index (χ3v) is 11.1. The summed E-state index contributed by atoms with van der Waals surface area (Å²) in [5, 5.41) is 25.6. The van der Waals surface area contributed by atoms with Gasteiger partial charge in [-0.15, -0.1) is 0 Å². The van der Waals surface area contributed by atoms with Crippen molar-refractivity contribution in [2.24, 2.45) is 29.6 Å². The molecule has 16 nitrogen and oxygen atoms in total. The number of nitrogens with one attached hydrogen (secondary N) is 3. The topological polar surface area (TPSA) is 217 Å². The molecule has 2 spiro atoms. The quantitative estimate of drug-likeness (QED) is 0.158. The zero-order valence-corrected chi connectivity index (χ0v) is 29.2. The lowest BCUT2D eigenvalue weighted by atomic mass is 9.53. The van der Waals surface area contributed by atoms with Gasteiger partial charge in [-0.05, 0) is 98.8 Å². The van der Waals surface area contributed by atoms with E-state index in [0.717, 1.165) is 48.6 Å². The van der Waals surface area contributed by atoms with Crippen LogP contribution in [0.2, 0.25) is 0 Å². The van der Waals surface area contributed by atoms with Crippen molar-refractivity contribution in [1.29, 1.82) is 0 Å². The second-order valence-electron chi connectivity index (χ2n) is 14.9. The normalized spacial score (nSPS) is 30.1. The summed E-state index contributed by atoms with van der Waals surface area (Å²) in [6, 6.07) is 5.49. The zero-order chi connectivity index (χ0) is 36.7. The number of amides is 3. The van der Waals surface area contributed by atoms with Gasteiger partial charge >= 0.3 is 24.1 Å². The molecule has 5 aliphatic carbocycles. The fourth-order valence-electron chi connectivity index (χ4n) is 8.69. The van der Waals surface area contributed by atoms with Crippen molar-refractivity contribution in [3.8, 4) is 0 Å². The van der Waals surface area contributed by atoms with Crippen molar-refractivity contribution in [1.82, 2.24) is 10.6 Å². The van der Waals surface area contributed by atoms with Crippen LogP contribution in [0.1, 0.15) is 88.2 Å². The van der Waals surface area contributed by atoms with Gasteiger partial charge < -0.3 is 35.6 Å². The van der Waals surface area contributed by atoms with E-state index in [0.29, 0.717) is 62.5 Å². The van der Waals surface area contributed by atoms with Crippen LogP contribution < -0.4 is 16.0 Å². The van der Waals surface area contributed by atoms with Gasteiger partial charge in [-0.3, -0.25) is 14.4 Å². The maximum Gasteiger partial charge on any atom is 0.407 e. The van der Waals surface area contributed by atoms with Crippen LogP contribution in [0.5, 0.6) is 0 Å². The van der Waals surface area contributed by atoms with Crippen LogP contribution in [0.25, 0.3) is 0 Å². The molecule has 3 amide bonds. The van der Waals surface area contributed by atoms with Gasteiger partial charge in [-0.25, -0.2) is 9.59 Å². The molecule has 1 saturated heterocycles. The Balaban J connectivity index is 0.981. The summed E-state index contributed by atoms with van der Waals surface area (Å²) in [6.45, 7) is -0.0989. The predicted molar refractivity (Wildman–Crippen MR) is 179 cm³/mol. The van der Waals surface area contributed by atoms with E-state index < -0.39 is 35.7 Å². The van der Waals surface area contributed by atoms with Gasteiger partial charge in [0.1, 0.15) is 13.2 Å². The van der Waals surface area contributed by atoms with Crippen LogP contribution in [0.4, 0.5) is 15.3 Å². The van der Waals surface area contributed by atoms with Crippen LogP contribution in [0.15, 0.2) is 18.2 Å². The van der Waals surface area contributed by atoms with Crippen molar-refractivity contribution in [3.05, 3.63) is 29.3 Å². The van der Waals surface area contributed by atoms with Crippen LogP contribution in [-0.2, 0) is 56.2 Å². The summed E-state index contributed by atoms with van der Waals surface area (Å²) < 4.78 is 9.72. The monoisotopic (exact) mass is 731 g/mol. The molecule has 286 valence electrons. The van der Waals surface area contributed by atoms with E-state index in [1.807, 2.05) is 6.07 Å². The van der Waals surface area contributed by atoms with E-state index in [1.165, 1.54) is 6.42 Å². The zero-order valence-electron chi connectivity index (χ0n) is 29.2. The fraction of sp³-hybridized carbons (Fsp3) is 0.694. The largest absolute Gasteiger partial charge is 0.481 e. The summed E-state index contributed by atoms with van der Waals surface area (Å²) in [5.74, 6) is -1.87. The molecule has 1 heterocycles. The van der Waals surface area contributed by atoms with E-state index in [-0.39, 0.29) is 51.0 Å². The molecular weight excluding hydrogens is 682 g/mol. The molecule has 1 aromatic carbocycles. The number of carboxylic acid groups (broad SMARTS) is 2. The van der Waals surface area contributed by atoms with Crippen molar-refractivity contribution in [2.75, 3.05) is 31.6 Å². The first kappa shape index (κ1) is 37.8. The Morgan fingerprint density at radius 3 is 1.69 bits per heavy atom. The highest BCUT2D eigenvalue weighted by atomic mass is 17.4. The Hall–Kier alpha value is -3.99. The molecule has 6 fully saturated rings. The van der Waals surface area contributed by atoms with E-state index in [2.05, 4.69) is 16.0 Å². The molecule has 1 aromatic rings. The Labute approximate surface area is 301 Å². The molecule has 6 aliphatic rings. The Morgan fingerprint density at radius 1 is 0.712 bits per heavy atom. The smallest absolute Gasteiger partial charge is 0.407 e. The molecule has 0 atom stereocenters. The average molecular weight is 732 g/mol. The number of rotatable bonds is 15. The summed E-state index contributed by atoms with van der Waals surface area (Å²) in [4.78, 5) is 82.8. The van der Waals surface area contributed by atoms with Crippen molar-refractivity contribution >= 4 is 35.7 Å². The predicted octanol–water partition coefficient (Wildman–Crippen LogP) is 4.45. The lowest BCUT2D eigenvalue weighted by molar-refractivity contribution is -0.680. The number of alkyl carbamates (subject to hydrolysis) is 2. The Morgan fingerprint density at radius 2 is 1.21 bits per heavy atom. The fourth-order valence-corrected chi connectivity index (χ4v) is 8.69. The SMILES string of the molecule is O=C(O)CCOC(=O)NCCc1cc(CCNC(=O)OCCC(=O)O)cc(NC(=O)CC2CCC3(CC2)OOC2(OO3)C3CC4CC(C3)CC2C4)c1. The standard InChI is InChI=1S/C36H49N3O13/c40-30(21-22-1-7-35(8-2-22)49-51-36(52-50-35)27-15-25-14-26(17-27)18-28(36)16-25)39-29-19-23(3-9-37-33(45)47-11-5-31(41)42)13-24(20-29)4-10-38-34(46)48-12-6-32(43)44/h13,19-20,22,25-28H,1-12,14-18,21H2,(H,37,45)(H,38,46)(H,39,40)(H,41,42)(H,43,44). The highest BCUT2D eigenvalue weighted by Gasteiger charge is 2.64. The molecule has 5 saturated carbocycles. The molecule has 1 aliphatic heterocycles. The number of hydrogen-bond acceptors (Lipinski definition) is 11. The van der Waals surface area contributed by atoms with Crippen LogP contribution >= 0.6 is 0 Å². The van der Waals surface area contributed by atoms with E-state index in [9.17, 15) is 24.0 Å². The number of aliphatic carboxylic acids is 2. The van der Waals surface area contributed by atoms with Gasteiger partial charge in [0.05, 0.1) is 12.8 Å². The van der Waals surface area contributed by atoms with Crippen LogP contribution in [0, 0.1) is 29.6 Å². The first-order valence-corrected chi connectivity index (χ1v) is 18.4. The second-order valence-corrected chi connectivity index (χ2v) is 14.9. The molecule has 7 rings (SSSR count). The minimum absolute atomic E-state index is 0.102. The number of benzene rings is 1. The van der Waals surface area contributed by atoms with Gasteiger partial charge in [-0.2, -0.15) is 19.6 Å². The first-order valence-electron chi connectivity index (χ1n) is 18.4. The van der Waals surface area contributed by atoms with E-state index in [4.69, 9.17) is 39.2 Å². The molecule has 16 heteroatoms. The van der Waals surface area contributed by atoms with Gasteiger partial charge in [0.15, 0.2) is 0 Å². The molecule has 52 heavy (non-hydrogen) atoms. The molecular formula is C36H49N3O13. The average Bonchev–Trinajstić information content (AvgIpc) is 3.08. The number of anilines is 1. The summed E-state index contributed by atoms with van der Waals surface area (Å²) in [7, 11) is 0. The summed E-state index contributed by atoms with van der Waals surface area (Å²) >= 11 is 0. The number of ether oxygens (including phenoxy) is 2. The van der Waals surface area contributed by atoms with E-state index in [1.54, 1.807) is 12.1 Å². The molecule has 0 unspecified atom stereocenters. The first-order chi connectivity index (χ1) is 25.0. The van der Waals surface area contributed by atoms with Gasteiger partial charge in [-0.1, -0.05) is 6.07 Å². The minimum Gasteiger partial charge on any atom is -0.481 e. The highest BCUT2D eigenvalue weighted by molar-refractivity contribution is 5.91. The summed E-state index contributed by atoms with van der Waals surface area (Å²) in [5.41, 5.74) is 2.15. The van der Waals surface area contributed by atoms with Crippen molar-refractivity contribution in [2.45, 2.75) is 101 Å². The summed E-state index contributed by atoms with van der Waals surface area (Å²) in [6.07, 6.45) is 7.16. The Bertz CT molecular complexity index is 1380. The second kappa shape index (κ2) is 16.8. The van der Waals surface area contributed by atoms with Crippen molar-refractivity contribution < 1.29 is 63.2 Å². The van der Waals surface area contributed by atoms with E-state index >= 15 is 0 Å². The number of carboxylic acids is 2. The molecule has 0 radical (unpaired) electrons. The molecule has 0 aromatic heterocycles. The third kappa shape index (κ3) is 9.70. The Kier molecular flexibility index (Phi) is 12.2. The van der Waals surface area contributed by atoms with Crippen molar-refractivity contribution in [3.63, 3.8) is 0 Å². The highest BCUT2D eigenvalue weighted by Crippen LogP contribution is 2.62. The number of hydrogen-bond donors (Lipinski definition) is 5. The molecule has 5 N–H and O–H groups in total. The van der Waals surface area contributed by atoms with Gasteiger partial charge in [0, 0.05) is 49.9 Å². The number of carbonyl (C=O) groups is 5. The maximum atomic E-state index is 13.3. The van der Waals surface area contributed by atoms with Crippen LogP contribution in [0.3, 0.4) is 0 Å². The number of carbonyl (C=O) groups excluding carboxylic acids is 3. The minimum atomic E-state index is -1.07. The lowest BCUT2D eigenvalue weighted by Gasteiger charge is -2.60. The van der Waals surface area contributed by atoms with Gasteiger partial charge in [0.2, 0.25) is 17.5 Å². The third-order valence-electron chi connectivity index (χ3n) is 11.1. The molecule has 4 bridgehead atoms. The van der Waals surface area contributed by atoms with Crippen LogP contribution in [-0.4, -0.2) is 78.1 Å². The van der Waals surface area contributed by atoms with Gasteiger partial charge in [0.25, 0.3) is 0 Å². The lowest BCUT2D eigenvalue weighted by Crippen LogP contribution is -2.64.